The zero-order valence-corrected chi connectivity index (χ0v) is 16.3. The Morgan fingerprint density at radius 2 is 1.93 bits per heavy atom. The van der Waals surface area contributed by atoms with Gasteiger partial charge in [0, 0.05) is 28.9 Å². The number of amides is 1. The van der Waals surface area contributed by atoms with Crippen LogP contribution in [0.3, 0.4) is 0 Å². The fourth-order valence-corrected chi connectivity index (χ4v) is 2.96. The Morgan fingerprint density at radius 3 is 2.63 bits per heavy atom. The molecule has 0 atom stereocenters. The van der Waals surface area contributed by atoms with Crippen LogP contribution in [0.25, 0.3) is 10.6 Å². The number of nitrogens with zero attached hydrogens (tertiary/aromatic N) is 1. The van der Waals surface area contributed by atoms with Gasteiger partial charge in [-0.2, -0.15) is 0 Å². The summed E-state index contributed by atoms with van der Waals surface area (Å²) in [7, 11) is 0. The number of nitrogens with one attached hydrogen (secondary N) is 1. The third-order valence-electron chi connectivity index (χ3n) is 3.32. The molecule has 0 aliphatic carbocycles. The maximum Gasteiger partial charge on any atom is 0.358 e. The van der Waals surface area contributed by atoms with Crippen LogP contribution in [0, 0.1) is 0 Å². The fourth-order valence-electron chi connectivity index (χ4n) is 2.04. The van der Waals surface area contributed by atoms with Crippen molar-refractivity contribution in [2.24, 2.45) is 0 Å². The quantitative estimate of drug-likeness (QED) is 0.504. The first kappa shape index (κ1) is 20.9. The van der Waals surface area contributed by atoms with Gasteiger partial charge in [0.2, 0.25) is 0 Å². The summed E-state index contributed by atoms with van der Waals surface area (Å²) in [6.07, 6.45) is 0.676. The standard InChI is InChI=1S/C18H19ClN2O5S/c1-2-25-16(23)4-3-9-20-15(22)10-26-18(24)14-11-27-17(21-14)12-5-7-13(19)8-6-12/h5-8,11H,2-4,9-10H2,1H3,(H,20,22). The lowest BCUT2D eigenvalue weighted by Crippen LogP contribution is -2.30. The second-order valence-electron chi connectivity index (χ2n) is 5.38. The third-order valence-corrected chi connectivity index (χ3v) is 4.47. The molecule has 2 rings (SSSR count). The first-order chi connectivity index (χ1) is 13.0. The minimum atomic E-state index is -0.673. The molecule has 0 saturated heterocycles. The highest BCUT2D eigenvalue weighted by molar-refractivity contribution is 7.13. The molecule has 9 heteroatoms. The van der Waals surface area contributed by atoms with Crippen LogP contribution in [0.5, 0.6) is 0 Å². The number of halogens is 1. The Hall–Kier alpha value is -2.45. The van der Waals surface area contributed by atoms with Gasteiger partial charge >= 0.3 is 11.9 Å². The minimum absolute atomic E-state index is 0.139. The van der Waals surface area contributed by atoms with Crippen LogP contribution in [0.15, 0.2) is 29.6 Å². The van der Waals surface area contributed by atoms with E-state index in [2.05, 4.69) is 10.3 Å². The fraction of sp³-hybridized carbons (Fsp3) is 0.333. The highest BCUT2D eigenvalue weighted by atomic mass is 35.5. The molecule has 0 spiro atoms. The number of aromatic nitrogens is 1. The number of carbonyl (C=O) groups excluding carboxylic acids is 3. The summed E-state index contributed by atoms with van der Waals surface area (Å²) in [4.78, 5) is 39.1. The second-order valence-corrected chi connectivity index (χ2v) is 6.67. The van der Waals surface area contributed by atoms with Crippen molar-refractivity contribution >= 4 is 40.8 Å². The van der Waals surface area contributed by atoms with Crippen LogP contribution >= 0.6 is 22.9 Å². The monoisotopic (exact) mass is 410 g/mol. The van der Waals surface area contributed by atoms with E-state index >= 15 is 0 Å². The molecule has 0 fully saturated rings. The lowest BCUT2D eigenvalue weighted by Gasteiger charge is -2.05. The number of benzene rings is 1. The van der Waals surface area contributed by atoms with Crippen molar-refractivity contribution in [3.05, 3.63) is 40.4 Å². The largest absolute Gasteiger partial charge is 0.466 e. The van der Waals surface area contributed by atoms with Crippen molar-refractivity contribution in [3.8, 4) is 10.6 Å². The predicted octanol–water partition coefficient (Wildman–Crippen LogP) is 3.08. The van der Waals surface area contributed by atoms with E-state index in [1.807, 2.05) is 0 Å². The van der Waals surface area contributed by atoms with Gasteiger partial charge in [0.05, 0.1) is 6.61 Å². The van der Waals surface area contributed by atoms with Crippen molar-refractivity contribution in [3.63, 3.8) is 0 Å². The Bertz CT molecular complexity index is 791. The molecule has 0 aliphatic heterocycles. The summed E-state index contributed by atoms with van der Waals surface area (Å²) >= 11 is 7.14. The molecule has 0 saturated carbocycles. The number of hydrogen-bond donors (Lipinski definition) is 1. The van der Waals surface area contributed by atoms with Gasteiger partial charge in [-0.3, -0.25) is 9.59 Å². The van der Waals surface area contributed by atoms with E-state index in [1.165, 1.54) is 11.3 Å². The number of esters is 2. The van der Waals surface area contributed by atoms with Gasteiger partial charge in [-0.05, 0) is 25.5 Å². The van der Waals surface area contributed by atoms with Gasteiger partial charge in [-0.15, -0.1) is 11.3 Å². The smallest absolute Gasteiger partial charge is 0.358 e. The maximum absolute atomic E-state index is 12.0. The van der Waals surface area contributed by atoms with E-state index in [1.54, 1.807) is 36.6 Å². The van der Waals surface area contributed by atoms with Gasteiger partial charge in [0.25, 0.3) is 5.91 Å². The molecule has 0 aliphatic rings. The van der Waals surface area contributed by atoms with Crippen molar-refractivity contribution in [1.29, 1.82) is 0 Å². The van der Waals surface area contributed by atoms with Gasteiger partial charge in [-0.25, -0.2) is 9.78 Å². The van der Waals surface area contributed by atoms with Crippen LogP contribution in [-0.4, -0.2) is 42.6 Å². The van der Waals surface area contributed by atoms with Gasteiger partial charge < -0.3 is 14.8 Å². The molecule has 144 valence electrons. The van der Waals surface area contributed by atoms with E-state index in [9.17, 15) is 14.4 Å². The topological polar surface area (TPSA) is 94.6 Å². The normalized spacial score (nSPS) is 10.3. The summed E-state index contributed by atoms with van der Waals surface area (Å²) in [5, 5.41) is 5.41. The Kier molecular flexibility index (Phi) is 8.22. The highest BCUT2D eigenvalue weighted by Gasteiger charge is 2.15. The molecule has 1 amide bonds. The van der Waals surface area contributed by atoms with E-state index in [0.29, 0.717) is 29.6 Å². The summed E-state index contributed by atoms with van der Waals surface area (Å²) in [5.41, 5.74) is 0.975. The summed E-state index contributed by atoms with van der Waals surface area (Å²) in [6, 6.07) is 7.09. The molecule has 27 heavy (non-hydrogen) atoms. The maximum atomic E-state index is 12.0. The lowest BCUT2D eigenvalue weighted by atomic mass is 10.2. The molecular weight excluding hydrogens is 392 g/mol. The first-order valence-corrected chi connectivity index (χ1v) is 9.56. The molecule has 0 bridgehead atoms. The SMILES string of the molecule is CCOC(=O)CCCNC(=O)COC(=O)c1csc(-c2ccc(Cl)cc2)n1. The lowest BCUT2D eigenvalue weighted by molar-refractivity contribution is -0.143. The molecule has 0 radical (unpaired) electrons. The summed E-state index contributed by atoms with van der Waals surface area (Å²) in [6.45, 7) is 1.95. The van der Waals surface area contributed by atoms with Crippen LogP contribution < -0.4 is 5.32 Å². The third kappa shape index (κ3) is 6.99. The van der Waals surface area contributed by atoms with Crippen molar-refractivity contribution in [2.75, 3.05) is 19.8 Å². The average Bonchev–Trinajstić information content (AvgIpc) is 3.14. The van der Waals surface area contributed by atoms with E-state index in [-0.39, 0.29) is 18.1 Å². The molecule has 1 heterocycles. The summed E-state index contributed by atoms with van der Waals surface area (Å²) in [5.74, 6) is -1.42. The highest BCUT2D eigenvalue weighted by Crippen LogP contribution is 2.25. The average molecular weight is 411 g/mol. The van der Waals surface area contributed by atoms with E-state index in [0.717, 1.165) is 5.56 Å². The number of rotatable bonds is 9. The van der Waals surface area contributed by atoms with E-state index < -0.39 is 18.5 Å². The van der Waals surface area contributed by atoms with Crippen LogP contribution in [0.4, 0.5) is 0 Å². The number of carbonyl (C=O) groups is 3. The zero-order chi connectivity index (χ0) is 19.6. The van der Waals surface area contributed by atoms with E-state index in [4.69, 9.17) is 21.1 Å². The van der Waals surface area contributed by atoms with Crippen LogP contribution in [0.1, 0.15) is 30.3 Å². The molecule has 1 aromatic carbocycles. The minimum Gasteiger partial charge on any atom is -0.466 e. The van der Waals surface area contributed by atoms with Gasteiger partial charge in [0.1, 0.15) is 5.01 Å². The van der Waals surface area contributed by atoms with Crippen molar-refractivity contribution < 1.29 is 23.9 Å². The first-order valence-electron chi connectivity index (χ1n) is 8.30. The predicted molar refractivity (Wildman–Crippen MR) is 102 cm³/mol. The van der Waals surface area contributed by atoms with Crippen molar-refractivity contribution in [1.82, 2.24) is 10.3 Å². The molecular formula is C18H19ClN2O5S. The molecule has 2 aromatic rings. The van der Waals surface area contributed by atoms with Gasteiger partial charge in [-0.1, -0.05) is 23.7 Å². The Morgan fingerprint density at radius 1 is 1.19 bits per heavy atom. The Labute approximate surface area is 165 Å². The summed E-state index contributed by atoms with van der Waals surface area (Å²) < 4.78 is 9.74. The zero-order valence-electron chi connectivity index (χ0n) is 14.7. The number of ether oxygens (including phenoxy) is 2. The van der Waals surface area contributed by atoms with Crippen LogP contribution in [-0.2, 0) is 19.1 Å². The molecule has 0 unspecified atom stereocenters. The molecule has 1 N–H and O–H groups in total. The molecule has 7 nitrogen and oxygen atoms in total. The number of hydrogen-bond acceptors (Lipinski definition) is 7. The molecule has 1 aromatic heterocycles. The Balaban J connectivity index is 1.73. The second kappa shape index (κ2) is 10.6. The van der Waals surface area contributed by atoms with Gasteiger partial charge in [0.15, 0.2) is 12.3 Å². The van der Waals surface area contributed by atoms with Crippen LogP contribution in [0.2, 0.25) is 5.02 Å². The van der Waals surface area contributed by atoms with Crippen molar-refractivity contribution in [2.45, 2.75) is 19.8 Å². The number of thiazole rings is 1.